The Labute approximate surface area is 97.2 Å². The van der Waals surface area contributed by atoms with E-state index in [1.54, 1.807) is 6.92 Å². The maximum Gasteiger partial charge on any atom is 0.324 e. The number of rotatable bonds is 4. The van der Waals surface area contributed by atoms with Gasteiger partial charge in [0.15, 0.2) is 0 Å². The molecule has 1 aromatic carbocycles. The molecular formula is C11H11ClF2O2. The lowest BCUT2D eigenvalue weighted by molar-refractivity contribution is -0.142. The van der Waals surface area contributed by atoms with Crippen LogP contribution in [0.25, 0.3) is 0 Å². The zero-order chi connectivity index (χ0) is 12.1. The van der Waals surface area contributed by atoms with E-state index >= 15 is 0 Å². The van der Waals surface area contributed by atoms with Gasteiger partial charge in [-0.15, -0.1) is 11.6 Å². The maximum atomic E-state index is 13.2. The van der Waals surface area contributed by atoms with E-state index in [1.165, 1.54) is 0 Å². The average molecular weight is 249 g/mol. The fraction of sp³-hybridized carbons (Fsp3) is 0.364. The fourth-order valence-electron chi connectivity index (χ4n) is 1.21. The van der Waals surface area contributed by atoms with Crippen molar-refractivity contribution < 1.29 is 18.3 Å². The van der Waals surface area contributed by atoms with Crippen molar-refractivity contribution in [2.75, 3.05) is 6.61 Å². The third-order valence-corrected chi connectivity index (χ3v) is 2.28. The number of ether oxygens (including phenoxy) is 1. The topological polar surface area (TPSA) is 26.3 Å². The van der Waals surface area contributed by atoms with Crippen molar-refractivity contribution in [1.29, 1.82) is 0 Å². The smallest absolute Gasteiger partial charge is 0.324 e. The van der Waals surface area contributed by atoms with E-state index in [0.29, 0.717) is 0 Å². The molecular weight excluding hydrogens is 238 g/mol. The first-order valence-corrected chi connectivity index (χ1v) is 5.23. The van der Waals surface area contributed by atoms with E-state index in [1.807, 2.05) is 0 Å². The van der Waals surface area contributed by atoms with Gasteiger partial charge in [0, 0.05) is 6.42 Å². The largest absolute Gasteiger partial charge is 0.465 e. The molecule has 2 nitrogen and oxygen atoms in total. The van der Waals surface area contributed by atoms with Gasteiger partial charge in [-0.3, -0.25) is 4.79 Å². The molecule has 0 amide bonds. The van der Waals surface area contributed by atoms with Crippen LogP contribution in [0.5, 0.6) is 0 Å². The molecule has 0 aromatic heterocycles. The van der Waals surface area contributed by atoms with Gasteiger partial charge in [-0.05, 0) is 30.7 Å². The lowest BCUT2D eigenvalue weighted by atomic mass is 10.1. The fourth-order valence-corrected chi connectivity index (χ4v) is 1.44. The number of alkyl halides is 1. The summed E-state index contributed by atoms with van der Waals surface area (Å²) in [7, 11) is 0. The van der Waals surface area contributed by atoms with Crippen LogP contribution in [-0.2, 0) is 16.0 Å². The highest BCUT2D eigenvalue weighted by Crippen LogP contribution is 2.15. The number of hydrogen-bond donors (Lipinski definition) is 0. The minimum Gasteiger partial charge on any atom is -0.465 e. The summed E-state index contributed by atoms with van der Waals surface area (Å²) in [6.45, 7) is 1.85. The van der Waals surface area contributed by atoms with E-state index < -0.39 is 23.0 Å². The Hall–Kier alpha value is -1.16. The highest BCUT2D eigenvalue weighted by Gasteiger charge is 2.19. The van der Waals surface area contributed by atoms with Gasteiger partial charge in [0.05, 0.1) is 6.61 Å². The predicted molar refractivity (Wildman–Crippen MR) is 56.3 cm³/mol. The van der Waals surface area contributed by atoms with Crippen molar-refractivity contribution in [3.8, 4) is 0 Å². The molecule has 1 rings (SSSR count). The molecule has 0 fully saturated rings. The van der Waals surface area contributed by atoms with Crippen molar-refractivity contribution in [3.05, 3.63) is 35.4 Å². The highest BCUT2D eigenvalue weighted by atomic mass is 35.5. The van der Waals surface area contributed by atoms with Crippen LogP contribution in [0.4, 0.5) is 8.78 Å². The van der Waals surface area contributed by atoms with Gasteiger partial charge in [-0.25, -0.2) is 8.78 Å². The molecule has 0 N–H and O–H groups in total. The molecule has 0 aliphatic carbocycles. The van der Waals surface area contributed by atoms with Gasteiger partial charge >= 0.3 is 5.97 Å². The summed E-state index contributed by atoms with van der Waals surface area (Å²) in [6.07, 6.45) is -0.0933. The third-order valence-electron chi connectivity index (χ3n) is 1.95. The predicted octanol–water partition coefficient (Wildman–Crippen LogP) is 2.68. The molecule has 0 aliphatic rings. The Morgan fingerprint density at radius 2 is 2.19 bits per heavy atom. The van der Waals surface area contributed by atoms with Gasteiger partial charge in [0.2, 0.25) is 0 Å². The van der Waals surface area contributed by atoms with Gasteiger partial charge in [0.1, 0.15) is 17.0 Å². The molecule has 0 radical (unpaired) electrons. The zero-order valence-electron chi connectivity index (χ0n) is 8.67. The van der Waals surface area contributed by atoms with Crippen LogP contribution in [0.3, 0.4) is 0 Å². The Morgan fingerprint density at radius 3 is 2.81 bits per heavy atom. The van der Waals surface area contributed by atoms with Gasteiger partial charge in [-0.1, -0.05) is 0 Å². The van der Waals surface area contributed by atoms with E-state index in [2.05, 4.69) is 4.74 Å². The lowest BCUT2D eigenvalue weighted by Gasteiger charge is -2.09. The minimum atomic E-state index is -1.00. The molecule has 0 aliphatic heterocycles. The summed E-state index contributed by atoms with van der Waals surface area (Å²) in [5, 5.41) is -1.00. The van der Waals surface area contributed by atoms with Crippen molar-refractivity contribution in [2.24, 2.45) is 0 Å². The standard InChI is InChI=1S/C11H11ClF2O2/c1-2-16-11(15)9(12)6-7-5-8(13)3-4-10(7)14/h3-5,9H,2,6H2,1H3. The average Bonchev–Trinajstić information content (AvgIpc) is 2.23. The van der Waals surface area contributed by atoms with Crippen LogP contribution >= 0.6 is 11.6 Å². The number of carbonyl (C=O) groups is 1. The molecule has 1 unspecified atom stereocenters. The molecule has 16 heavy (non-hydrogen) atoms. The van der Waals surface area contributed by atoms with E-state index in [-0.39, 0.29) is 18.6 Å². The molecule has 0 bridgehead atoms. The molecule has 1 aromatic rings. The Kier molecular flexibility index (Phi) is 4.68. The summed E-state index contributed by atoms with van der Waals surface area (Å²) < 4.78 is 30.7. The monoisotopic (exact) mass is 248 g/mol. The van der Waals surface area contributed by atoms with Crippen LogP contribution in [-0.4, -0.2) is 18.0 Å². The first kappa shape index (κ1) is 12.9. The number of hydrogen-bond acceptors (Lipinski definition) is 2. The van der Waals surface area contributed by atoms with Crippen LogP contribution in [0.15, 0.2) is 18.2 Å². The molecule has 0 saturated heterocycles. The summed E-state index contributed by atoms with van der Waals surface area (Å²) in [6, 6.07) is 3.02. The lowest BCUT2D eigenvalue weighted by Crippen LogP contribution is -2.20. The summed E-state index contributed by atoms with van der Waals surface area (Å²) in [4.78, 5) is 11.2. The second kappa shape index (κ2) is 5.80. The van der Waals surface area contributed by atoms with E-state index in [4.69, 9.17) is 11.6 Å². The Balaban J connectivity index is 2.72. The van der Waals surface area contributed by atoms with Crippen LogP contribution in [0, 0.1) is 11.6 Å². The Bertz CT molecular complexity index is 382. The number of halogens is 3. The molecule has 0 heterocycles. The Morgan fingerprint density at radius 1 is 1.50 bits per heavy atom. The first-order chi connectivity index (χ1) is 7.54. The first-order valence-electron chi connectivity index (χ1n) is 4.79. The van der Waals surface area contributed by atoms with E-state index in [0.717, 1.165) is 18.2 Å². The van der Waals surface area contributed by atoms with Crippen molar-refractivity contribution in [1.82, 2.24) is 0 Å². The van der Waals surface area contributed by atoms with Crippen LogP contribution in [0.1, 0.15) is 12.5 Å². The second-order valence-corrected chi connectivity index (χ2v) is 3.69. The zero-order valence-corrected chi connectivity index (χ0v) is 9.43. The molecule has 0 spiro atoms. The quantitative estimate of drug-likeness (QED) is 0.605. The van der Waals surface area contributed by atoms with Crippen molar-refractivity contribution in [3.63, 3.8) is 0 Å². The minimum absolute atomic E-state index is 0.0630. The highest BCUT2D eigenvalue weighted by molar-refractivity contribution is 6.30. The molecule has 1 atom stereocenters. The van der Waals surface area contributed by atoms with Gasteiger partial charge < -0.3 is 4.74 Å². The maximum absolute atomic E-state index is 13.2. The SMILES string of the molecule is CCOC(=O)C(Cl)Cc1cc(F)ccc1F. The van der Waals surface area contributed by atoms with E-state index in [9.17, 15) is 13.6 Å². The van der Waals surface area contributed by atoms with Gasteiger partial charge in [-0.2, -0.15) is 0 Å². The number of benzene rings is 1. The second-order valence-electron chi connectivity index (χ2n) is 3.16. The van der Waals surface area contributed by atoms with Gasteiger partial charge in [0.25, 0.3) is 0 Å². The molecule has 0 saturated carbocycles. The number of carbonyl (C=O) groups excluding carboxylic acids is 1. The van der Waals surface area contributed by atoms with Crippen molar-refractivity contribution >= 4 is 17.6 Å². The summed E-state index contributed by atoms with van der Waals surface area (Å²) >= 11 is 5.71. The third kappa shape index (κ3) is 3.45. The summed E-state index contributed by atoms with van der Waals surface area (Å²) in [5.41, 5.74) is 0.0630. The molecule has 5 heteroatoms. The number of esters is 1. The normalized spacial score (nSPS) is 12.2. The molecule has 88 valence electrons. The van der Waals surface area contributed by atoms with Crippen molar-refractivity contribution in [2.45, 2.75) is 18.7 Å². The summed E-state index contributed by atoms with van der Waals surface area (Å²) in [5.74, 6) is -1.78. The van der Waals surface area contributed by atoms with Crippen LogP contribution in [0.2, 0.25) is 0 Å². The van der Waals surface area contributed by atoms with Crippen LogP contribution < -0.4 is 0 Å².